The standard InChI is InChI=1S/C16H31NO/c1-13(2)17-12-16(15-5-3-4-6-15)11-14-7-9-18-10-8-14/h13-17H,3-12H2,1-2H3. The van der Waals surface area contributed by atoms with Gasteiger partial charge in [0.2, 0.25) is 0 Å². The van der Waals surface area contributed by atoms with Gasteiger partial charge in [-0.15, -0.1) is 0 Å². The maximum absolute atomic E-state index is 5.49. The van der Waals surface area contributed by atoms with Gasteiger partial charge in [-0.1, -0.05) is 39.5 Å². The van der Waals surface area contributed by atoms with E-state index in [4.69, 9.17) is 4.74 Å². The highest BCUT2D eigenvalue weighted by Crippen LogP contribution is 2.36. The van der Waals surface area contributed by atoms with Crippen molar-refractivity contribution < 1.29 is 4.74 Å². The molecule has 0 amide bonds. The van der Waals surface area contributed by atoms with Crippen LogP contribution in [-0.2, 0) is 4.74 Å². The summed E-state index contributed by atoms with van der Waals surface area (Å²) in [6.07, 6.45) is 9.93. The van der Waals surface area contributed by atoms with Gasteiger partial charge in [0.05, 0.1) is 0 Å². The lowest BCUT2D eigenvalue weighted by atomic mass is 9.80. The molecule has 2 rings (SSSR count). The Hall–Kier alpha value is -0.0800. The first-order valence-corrected chi connectivity index (χ1v) is 8.07. The van der Waals surface area contributed by atoms with E-state index in [0.717, 1.165) is 31.0 Å². The quantitative estimate of drug-likeness (QED) is 0.781. The zero-order valence-corrected chi connectivity index (χ0v) is 12.3. The summed E-state index contributed by atoms with van der Waals surface area (Å²) in [6, 6.07) is 0.628. The fraction of sp³-hybridized carbons (Fsp3) is 1.00. The number of nitrogens with one attached hydrogen (secondary N) is 1. The molecule has 0 bridgehead atoms. The second-order valence-corrected chi connectivity index (χ2v) is 6.66. The molecule has 0 aromatic carbocycles. The van der Waals surface area contributed by atoms with Gasteiger partial charge in [0.1, 0.15) is 0 Å². The second kappa shape index (κ2) is 7.49. The third-order valence-corrected chi connectivity index (χ3v) is 4.83. The summed E-state index contributed by atoms with van der Waals surface area (Å²) < 4.78 is 5.49. The molecule has 1 N–H and O–H groups in total. The maximum Gasteiger partial charge on any atom is 0.0468 e. The lowest BCUT2D eigenvalue weighted by Crippen LogP contribution is -2.34. The molecule has 2 fully saturated rings. The molecule has 1 heterocycles. The summed E-state index contributed by atoms with van der Waals surface area (Å²) in [5, 5.41) is 3.68. The van der Waals surface area contributed by atoms with Crippen molar-refractivity contribution in [1.82, 2.24) is 5.32 Å². The van der Waals surface area contributed by atoms with Crippen molar-refractivity contribution in [2.24, 2.45) is 17.8 Å². The second-order valence-electron chi connectivity index (χ2n) is 6.66. The topological polar surface area (TPSA) is 21.3 Å². The molecule has 2 aliphatic rings. The van der Waals surface area contributed by atoms with Crippen LogP contribution in [0.5, 0.6) is 0 Å². The molecule has 0 aromatic rings. The number of ether oxygens (including phenoxy) is 1. The third-order valence-electron chi connectivity index (χ3n) is 4.83. The Morgan fingerprint density at radius 1 is 1.06 bits per heavy atom. The summed E-state index contributed by atoms with van der Waals surface area (Å²) in [5.74, 6) is 2.84. The molecule has 1 saturated carbocycles. The van der Waals surface area contributed by atoms with E-state index in [-0.39, 0.29) is 0 Å². The van der Waals surface area contributed by atoms with Crippen molar-refractivity contribution in [3.63, 3.8) is 0 Å². The fourth-order valence-electron chi connectivity index (χ4n) is 3.67. The van der Waals surface area contributed by atoms with Crippen LogP contribution in [0, 0.1) is 17.8 Å². The molecular weight excluding hydrogens is 222 g/mol. The molecule has 1 saturated heterocycles. The van der Waals surface area contributed by atoms with Crippen LogP contribution in [-0.4, -0.2) is 25.8 Å². The van der Waals surface area contributed by atoms with Crippen LogP contribution in [0.4, 0.5) is 0 Å². The first kappa shape index (κ1) is 14.3. The van der Waals surface area contributed by atoms with Crippen LogP contribution in [0.15, 0.2) is 0 Å². The van der Waals surface area contributed by atoms with Crippen LogP contribution in [0.25, 0.3) is 0 Å². The van der Waals surface area contributed by atoms with Crippen LogP contribution < -0.4 is 5.32 Å². The minimum Gasteiger partial charge on any atom is -0.381 e. The maximum atomic E-state index is 5.49. The van der Waals surface area contributed by atoms with Gasteiger partial charge in [-0.25, -0.2) is 0 Å². The van der Waals surface area contributed by atoms with Gasteiger partial charge in [-0.2, -0.15) is 0 Å². The zero-order valence-electron chi connectivity index (χ0n) is 12.3. The Kier molecular flexibility index (Phi) is 5.97. The fourth-order valence-corrected chi connectivity index (χ4v) is 3.67. The summed E-state index contributed by atoms with van der Waals surface area (Å²) in [4.78, 5) is 0. The van der Waals surface area contributed by atoms with E-state index < -0.39 is 0 Å². The Labute approximate surface area is 113 Å². The Morgan fingerprint density at radius 2 is 1.72 bits per heavy atom. The van der Waals surface area contributed by atoms with Crippen LogP contribution in [0.2, 0.25) is 0 Å². The summed E-state index contributed by atoms with van der Waals surface area (Å²) in [5.41, 5.74) is 0. The molecule has 1 aliphatic carbocycles. The molecule has 0 radical (unpaired) electrons. The summed E-state index contributed by atoms with van der Waals surface area (Å²) in [7, 11) is 0. The van der Waals surface area contributed by atoms with Crippen LogP contribution in [0.1, 0.15) is 58.8 Å². The van der Waals surface area contributed by atoms with Crippen LogP contribution in [0.3, 0.4) is 0 Å². The van der Waals surface area contributed by atoms with Gasteiger partial charge in [-0.05, 0) is 43.6 Å². The third kappa shape index (κ3) is 4.55. The first-order valence-electron chi connectivity index (χ1n) is 8.07. The van der Waals surface area contributed by atoms with E-state index >= 15 is 0 Å². The van der Waals surface area contributed by atoms with Crippen molar-refractivity contribution in [2.75, 3.05) is 19.8 Å². The largest absolute Gasteiger partial charge is 0.381 e. The van der Waals surface area contributed by atoms with E-state index in [9.17, 15) is 0 Å². The molecule has 2 heteroatoms. The van der Waals surface area contributed by atoms with E-state index in [1.807, 2.05) is 0 Å². The van der Waals surface area contributed by atoms with E-state index in [1.165, 1.54) is 51.5 Å². The monoisotopic (exact) mass is 253 g/mol. The number of rotatable bonds is 6. The van der Waals surface area contributed by atoms with E-state index in [1.54, 1.807) is 0 Å². The van der Waals surface area contributed by atoms with Gasteiger partial charge < -0.3 is 10.1 Å². The average molecular weight is 253 g/mol. The zero-order chi connectivity index (χ0) is 12.8. The molecule has 0 aromatic heterocycles. The highest BCUT2D eigenvalue weighted by Gasteiger charge is 2.28. The Bertz CT molecular complexity index is 217. The molecule has 1 unspecified atom stereocenters. The Morgan fingerprint density at radius 3 is 2.33 bits per heavy atom. The predicted molar refractivity (Wildman–Crippen MR) is 76.7 cm³/mol. The first-order chi connectivity index (χ1) is 8.75. The minimum absolute atomic E-state index is 0.628. The molecule has 1 atom stereocenters. The van der Waals surface area contributed by atoms with Crippen molar-refractivity contribution >= 4 is 0 Å². The molecule has 18 heavy (non-hydrogen) atoms. The lowest BCUT2D eigenvalue weighted by molar-refractivity contribution is 0.0545. The SMILES string of the molecule is CC(C)NCC(CC1CCOCC1)C1CCCC1. The molecule has 0 spiro atoms. The predicted octanol–water partition coefficient (Wildman–Crippen LogP) is 3.61. The summed E-state index contributed by atoms with van der Waals surface area (Å²) >= 11 is 0. The normalized spacial score (nSPS) is 24.8. The van der Waals surface area contributed by atoms with Crippen molar-refractivity contribution in [3.8, 4) is 0 Å². The van der Waals surface area contributed by atoms with Gasteiger partial charge in [0.25, 0.3) is 0 Å². The van der Waals surface area contributed by atoms with Crippen LogP contribution >= 0.6 is 0 Å². The minimum atomic E-state index is 0.628. The van der Waals surface area contributed by atoms with Crippen molar-refractivity contribution in [1.29, 1.82) is 0 Å². The van der Waals surface area contributed by atoms with Gasteiger partial charge in [-0.3, -0.25) is 0 Å². The molecule has 2 nitrogen and oxygen atoms in total. The van der Waals surface area contributed by atoms with Gasteiger partial charge in [0, 0.05) is 19.3 Å². The highest BCUT2D eigenvalue weighted by atomic mass is 16.5. The number of hydrogen-bond donors (Lipinski definition) is 1. The summed E-state index contributed by atoms with van der Waals surface area (Å²) in [6.45, 7) is 7.76. The van der Waals surface area contributed by atoms with E-state index in [2.05, 4.69) is 19.2 Å². The lowest BCUT2D eigenvalue weighted by Gasteiger charge is -2.31. The Balaban J connectivity index is 1.81. The smallest absolute Gasteiger partial charge is 0.0468 e. The number of hydrogen-bond acceptors (Lipinski definition) is 2. The van der Waals surface area contributed by atoms with E-state index in [0.29, 0.717) is 6.04 Å². The van der Waals surface area contributed by atoms with Crippen molar-refractivity contribution in [2.45, 2.75) is 64.8 Å². The van der Waals surface area contributed by atoms with Gasteiger partial charge in [0.15, 0.2) is 0 Å². The highest BCUT2D eigenvalue weighted by molar-refractivity contribution is 4.80. The molecular formula is C16H31NO. The van der Waals surface area contributed by atoms with Crippen molar-refractivity contribution in [3.05, 3.63) is 0 Å². The molecule has 1 aliphatic heterocycles. The molecule has 106 valence electrons. The average Bonchev–Trinajstić information content (AvgIpc) is 2.89. The van der Waals surface area contributed by atoms with Gasteiger partial charge >= 0.3 is 0 Å².